The van der Waals surface area contributed by atoms with Crippen molar-refractivity contribution >= 4 is 49.0 Å². The van der Waals surface area contributed by atoms with Crippen LogP contribution in [0.25, 0.3) is 0 Å². The van der Waals surface area contributed by atoms with Crippen molar-refractivity contribution in [2.75, 3.05) is 4.43 Å². The molecule has 0 atom stereocenters. The van der Waals surface area contributed by atoms with Crippen LogP contribution in [0, 0.1) is 0 Å². The molecule has 0 aromatic carbocycles. The monoisotopic (exact) mass is 296 g/mol. The average Bonchev–Trinajstić information content (AvgIpc) is 1.38. The van der Waals surface area contributed by atoms with Crippen LogP contribution in [0.15, 0.2) is 0 Å². The molecule has 0 bridgehead atoms. The minimum Gasteiger partial charge on any atom is -0.287 e. The van der Waals surface area contributed by atoms with Crippen LogP contribution < -0.4 is 0 Å². The fourth-order valence-electron chi connectivity index (χ4n) is 0. The van der Waals surface area contributed by atoms with E-state index in [0.717, 1.165) is 0 Å². The highest BCUT2D eigenvalue weighted by molar-refractivity contribution is 14.1. The first kappa shape index (κ1) is 6.13. The third-order valence-corrected chi connectivity index (χ3v) is 2.64. The Bertz CT molecular complexity index is 42.9. The fourth-order valence-corrected chi connectivity index (χ4v) is 0. The summed E-state index contributed by atoms with van der Waals surface area (Å²) in [7, 11) is 0. The van der Waals surface area contributed by atoms with E-state index >= 15 is 0 Å². The summed E-state index contributed by atoms with van der Waals surface area (Å²) in [5, 5.41) is 0. The first-order valence-electron chi connectivity index (χ1n) is 1.01. The summed E-state index contributed by atoms with van der Waals surface area (Å²) < 4.78 is 0.835. The summed E-state index contributed by atoms with van der Waals surface area (Å²) >= 11 is 3.78. The predicted octanol–water partition coefficient (Wildman–Crippen LogP) is 1.38. The van der Waals surface area contributed by atoms with E-state index in [1.54, 1.807) is 22.6 Å². The molecule has 0 fully saturated rings. The summed E-state index contributed by atoms with van der Waals surface area (Å²) in [6.07, 6.45) is 0. The van der Waals surface area contributed by atoms with Crippen LogP contribution in [0.4, 0.5) is 0 Å². The Morgan fingerprint density at radius 1 is 1.80 bits per heavy atom. The molecule has 0 heterocycles. The van der Waals surface area contributed by atoms with Gasteiger partial charge >= 0.3 is 0 Å². The van der Waals surface area contributed by atoms with Crippen molar-refractivity contribution in [3.8, 4) is 0 Å². The summed E-state index contributed by atoms with van der Waals surface area (Å²) in [4.78, 5) is 9.79. The van der Waals surface area contributed by atoms with Gasteiger partial charge in [0.25, 0.3) is 0 Å². The summed E-state index contributed by atoms with van der Waals surface area (Å²) in [5.74, 6) is 0. The van der Waals surface area contributed by atoms with Crippen molar-refractivity contribution in [1.29, 1.82) is 0 Å². The van der Waals surface area contributed by atoms with Crippen LogP contribution in [-0.2, 0) is 4.79 Å². The number of alkyl halides is 1. The smallest absolute Gasteiger partial charge is 0.202 e. The average molecular weight is 296 g/mol. The molecule has 0 amide bonds. The predicted molar refractivity (Wildman–Crippen MR) is 37.9 cm³/mol. The SMILES string of the molecule is O=C(I)CI. The van der Waals surface area contributed by atoms with Crippen molar-refractivity contribution in [1.82, 2.24) is 0 Å². The van der Waals surface area contributed by atoms with Crippen LogP contribution >= 0.6 is 45.2 Å². The van der Waals surface area contributed by atoms with Crippen molar-refractivity contribution in [3.05, 3.63) is 0 Å². The standard InChI is InChI=1S/C2H2I2O/c3-1-2(4)5/h1H2. The van der Waals surface area contributed by atoms with Gasteiger partial charge in [0, 0.05) is 22.6 Å². The Kier molecular flexibility index (Phi) is 4.08. The van der Waals surface area contributed by atoms with Crippen molar-refractivity contribution in [3.63, 3.8) is 0 Å². The lowest BCUT2D eigenvalue weighted by Gasteiger charge is -1.67. The van der Waals surface area contributed by atoms with Gasteiger partial charge in [-0.15, -0.1) is 0 Å². The molecular weight excluding hydrogens is 294 g/mol. The molecule has 5 heavy (non-hydrogen) atoms. The third-order valence-electron chi connectivity index (χ3n) is 0.105. The molecule has 30 valence electrons. The molecule has 0 saturated heterocycles. The number of rotatable bonds is 1. The van der Waals surface area contributed by atoms with Gasteiger partial charge in [0.2, 0.25) is 3.79 Å². The van der Waals surface area contributed by atoms with Crippen molar-refractivity contribution < 1.29 is 4.79 Å². The zero-order valence-corrected chi connectivity index (χ0v) is 6.69. The lowest BCUT2D eigenvalue weighted by atomic mass is 11.0. The van der Waals surface area contributed by atoms with E-state index in [4.69, 9.17) is 0 Å². The molecule has 3 heteroatoms. The maximum Gasteiger partial charge on any atom is 0.202 e. The molecule has 0 aliphatic heterocycles. The fraction of sp³-hybridized carbons (Fsp3) is 0.500. The zero-order chi connectivity index (χ0) is 4.28. The summed E-state index contributed by atoms with van der Waals surface area (Å²) in [5.41, 5.74) is 0. The van der Waals surface area contributed by atoms with E-state index in [9.17, 15) is 4.79 Å². The van der Waals surface area contributed by atoms with Gasteiger partial charge in [-0.05, 0) is 0 Å². The summed E-state index contributed by atoms with van der Waals surface area (Å²) in [6, 6.07) is 0. The first-order chi connectivity index (χ1) is 2.27. The number of carbonyl (C=O) groups excluding carboxylic acids is 1. The van der Waals surface area contributed by atoms with E-state index in [2.05, 4.69) is 0 Å². The minimum absolute atomic E-state index is 0.211. The molecule has 0 rings (SSSR count). The Balaban J connectivity index is 2.85. The lowest BCUT2D eigenvalue weighted by molar-refractivity contribution is -0.107. The second-order valence-corrected chi connectivity index (χ2v) is 2.45. The van der Waals surface area contributed by atoms with E-state index in [1.165, 1.54) is 0 Å². The molecule has 0 radical (unpaired) electrons. The number of halogens is 2. The Morgan fingerprint density at radius 2 is 2.00 bits per heavy atom. The van der Waals surface area contributed by atoms with Crippen molar-refractivity contribution in [2.24, 2.45) is 0 Å². The molecule has 0 aliphatic carbocycles. The molecule has 0 unspecified atom stereocenters. The lowest BCUT2D eigenvalue weighted by Crippen LogP contribution is -1.79. The Hall–Kier alpha value is 1.13. The van der Waals surface area contributed by atoms with E-state index in [1.807, 2.05) is 22.6 Å². The number of hydrogen-bond acceptors (Lipinski definition) is 1. The van der Waals surface area contributed by atoms with Gasteiger partial charge in [0.05, 0.1) is 4.43 Å². The molecule has 0 saturated carbocycles. The zero-order valence-electron chi connectivity index (χ0n) is 2.37. The van der Waals surface area contributed by atoms with Gasteiger partial charge in [-0.2, -0.15) is 0 Å². The maximum atomic E-state index is 9.79. The van der Waals surface area contributed by atoms with Crippen LogP contribution in [-0.4, -0.2) is 8.22 Å². The Morgan fingerprint density at radius 3 is 2.00 bits per heavy atom. The minimum atomic E-state index is 0.211. The molecule has 0 aromatic rings. The second-order valence-electron chi connectivity index (χ2n) is 0.489. The molecule has 0 spiro atoms. The maximum absolute atomic E-state index is 9.79. The Labute approximate surface area is 57.8 Å². The quantitative estimate of drug-likeness (QED) is 0.406. The van der Waals surface area contributed by atoms with Gasteiger partial charge in [-0.1, -0.05) is 22.6 Å². The van der Waals surface area contributed by atoms with E-state index in [-0.39, 0.29) is 3.79 Å². The van der Waals surface area contributed by atoms with Gasteiger partial charge < -0.3 is 0 Å². The molecule has 1 nitrogen and oxygen atoms in total. The van der Waals surface area contributed by atoms with Gasteiger partial charge in [-0.25, -0.2) is 0 Å². The van der Waals surface area contributed by atoms with Crippen LogP contribution in [0.3, 0.4) is 0 Å². The molecule has 0 aliphatic rings. The molecule has 0 N–H and O–H groups in total. The van der Waals surface area contributed by atoms with Crippen LogP contribution in [0.2, 0.25) is 0 Å². The number of carbonyl (C=O) groups is 1. The molecular formula is C2H2I2O. The van der Waals surface area contributed by atoms with Gasteiger partial charge in [0.1, 0.15) is 0 Å². The summed E-state index contributed by atoms with van der Waals surface area (Å²) in [6.45, 7) is 0. The first-order valence-corrected chi connectivity index (χ1v) is 3.62. The van der Waals surface area contributed by atoms with Gasteiger partial charge in [0.15, 0.2) is 0 Å². The largest absolute Gasteiger partial charge is 0.287 e. The van der Waals surface area contributed by atoms with E-state index < -0.39 is 0 Å². The van der Waals surface area contributed by atoms with E-state index in [0.29, 0.717) is 4.43 Å². The normalized spacial score (nSPS) is 7.60. The van der Waals surface area contributed by atoms with Gasteiger partial charge in [-0.3, -0.25) is 4.79 Å². The number of hydrogen-bond donors (Lipinski definition) is 0. The van der Waals surface area contributed by atoms with Crippen LogP contribution in [0.5, 0.6) is 0 Å². The van der Waals surface area contributed by atoms with Crippen molar-refractivity contribution in [2.45, 2.75) is 0 Å². The highest BCUT2D eigenvalue weighted by atomic mass is 127. The van der Waals surface area contributed by atoms with Crippen LogP contribution in [0.1, 0.15) is 0 Å². The molecule has 0 aromatic heterocycles. The topological polar surface area (TPSA) is 17.1 Å². The highest BCUT2D eigenvalue weighted by Gasteiger charge is 1.82. The highest BCUT2D eigenvalue weighted by Crippen LogP contribution is 1.89. The third kappa shape index (κ3) is 5.13. The second kappa shape index (κ2) is 3.32.